The molecule has 0 spiro atoms. The van der Waals surface area contributed by atoms with Crippen LogP contribution in [0.15, 0.2) is 97.1 Å². The van der Waals surface area contributed by atoms with Gasteiger partial charge in [0, 0.05) is 22.3 Å². The molecule has 35 heavy (non-hydrogen) atoms. The molecule has 5 aromatic rings. The summed E-state index contributed by atoms with van der Waals surface area (Å²) in [6.07, 6.45) is 0. The molecule has 0 atom stereocenters. The van der Waals surface area contributed by atoms with Crippen LogP contribution in [-0.4, -0.2) is 7.11 Å². The molecule has 0 N–H and O–H groups in total. The topological polar surface area (TPSA) is 9.23 Å². The average Bonchev–Trinajstić information content (AvgIpc) is 2.91. The molecule has 0 fully saturated rings. The molecule has 5 rings (SSSR count). The molecular formula is C34H26O. The van der Waals surface area contributed by atoms with E-state index in [1.165, 1.54) is 5.56 Å². The van der Waals surface area contributed by atoms with Gasteiger partial charge in [0.05, 0.1) is 7.11 Å². The summed E-state index contributed by atoms with van der Waals surface area (Å²) in [7, 11) is 1.67. The predicted octanol–water partition coefficient (Wildman–Crippen LogP) is 7.92. The lowest BCUT2D eigenvalue weighted by molar-refractivity contribution is 0.415. The van der Waals surface area contributed by atoms with Crippen molar-refractivity contribution in [2.75, 3.05) is 7.11 Å². The molecular weight excluding hydrogens is 424 g/mol. The largest absolute Gasteiger partial charge is 0.497 e. The highest BCUT2D eigenvalue weighted by atomic mass is 16.5. The Balaban J connectivity index is 1.67. The number of hydrogen-bond acceptors (Lipinski definition) is 1. The maximum Gasteiger partial charge on any atom is 0.118 e. The lowest BCUT2D eigenvalue weighted by Gasteiger charge is -2.10. The van der Waals surface area contributed by atoms with Gasteiger partial charge in [-0.3, -0.25) is 0 Å². The summed E-state index contributed by atoms with van der Waals surface area (Å²) in [5.74, 6) is 15.0. The second-order valence-corrected chi connectivity index (χ2v) is 8.85. The Kier molecular flexibility index (Phi) is 6.26. The fourth-order valence-electron chi connectivity index (χ4n) is 4.29. The van der Waals surface area contributed by atoms with Crippen LogP contribution in [0.1, 0.15) is 47.6 Å². The summed E-state index contributed by atoms with van der Waals surface area (Å²) in [5, 5.41) is 4.48. The van der Waals surface area contributed by atoms with Crippen LogP contribution in [0.4, 0.5) is 0 Å². The van der Waals surface area contributed by atoms with Crippen molar-refractivity contribution in [1.29, 1.82) is 0 Å². The van der Waals surface area contributed by atoms with Crippen molar-refractivity contribution in [1.82, 2.24) is 0 Å². The van der Waals surface area contributed by atoms with Crippen molar-refractivity contribution >= 4 is 21.5 Å². The summed E-state index contributed by atoms with van der Waals surface area (Å²) in [5.41, 5.74) is 5.36. The zero-order valence-corrected chi connectivity index (χ0v) is 20.2. The molecule has 5 aromatic carbocycles. The Morgan fingerprint density at radius 3 is 1.29 bits per heavy atom. The highest BCUT2D eigenvalue weighted by Crippen LogP contribution is 2.32. The Labute approximate surface area is 207 Å². The molecule has 0 saturated carbocycles. The summed E-state index contributed by atoms with van der Waals surface area (Å²) in [6, 6.07) is 33.3. The molecule has 0 saturated heterocycles. The number of rotatable bonds is 2. The minimum absolute atomic E-state index is 0.511. The van der Waals surface area contributed by atoms with E-state index in [0.29, 0.717) is 5.92 Å². The second kappa shape index (κ2) is 9.80. The first-order chi connectivity index (χ1) is 17.1. The SMILES string of the molecule is COc1ccc(C#Cc2c3ccccc3c(C#Cc3ccc(C(C)C)cc3)c3ccccc23)cc1. The average molecular weight is 451 g/mol. The van der Waals surface area contributed by atoms with Crippen LogP contribution in [0.5, 0.6) is 5.75 Å². The summed E-state index contributed by atoms with van der Waals surface area (Å²) < 4.78 is 5.27. The van der Waals surface area contributed by atoms with E-state index in [1.807, 2.05) is 24.3 Å². The van der Waals surface area contributed by atoms with Crippen LogP contribution in [0.25, 0.3) is 21.5 Å². The second-order valence-electron chi connectivity index (χ2n) is 8.85. The fraction of sp³-hybridized carbons (Fsp3) is 0.118. The van der Waals surface area contributed by atoms with Gasteiger partial charge < -0.3 is 4.74 Å². The summed E-state index contributed by atoms with van der Waals surface area (Å²) >= 11 is 0. The number of methoxy groups -OCH3 is 1. The third-order valence-electron chi connectivity index (χ3n) is 6.26. The highest BCUT2D eigenvalue weighted by Gasteiger charge is 2.11. The molecule has 1 heteroatoms. The Morgan fingerprint density at radius 2 is 0.914 bits per heavy atom. The number of hydrogen-bond donors (Lipinski definition) is 0. The van der Waals surface area contributed by atoms with E-state index in [4.69, 9.17) is 4.74 Å². The third-order valence-corrected chi connectivity index (χ3v) is 6.26. The van der Waals surface area contributed by atoms with Gasteiger partial charge in [-0.25, -0.2) is 0 Å². The van der Waals surface area contributed by atoms with Gasteiger partial charge in [-0.15, -0.1) is 0 Å². The van der Waals surface area contributed by atoms with E-state index in [9.17, 15) is 0 Å². The van der Waals surface area contributed by atoms with Gasteiger partial charge >= 0.3 is 0 Å². The summed E-state index contributed by atoms with van der Waals surface area (Å²) in [6.45, 7) is 4.41. The molecule has 0 bridgehead atoms. The van der Waals surface area contributed by atoms with Gasteiger partial charge in [0.15, 0.2) is 0 Å². The zero-order valence-electron chi connectivity index (χ0n) is 20.2. The van der Waals surface area contributed by atoms with E-state index >= 15 is 0 Å². The van der Waals surface area contributed by atoms with Crippen LogP contribution in [0, 0.1) is 23.7 Å². The molecule has 0 amide bonds. The number of fused-ring (bicyclic) bond motifs is 2. The minimum Gasteiger partial charge on any atom is -0.497 e. The van der Waals surface area contributed by atoms with Crippen molar-refractivity contribution in [2.24, 2.45) is 0 Å². The molecule has 0 aromatic heterocycles. The molecule has 0 radical (unpaired) electrons. The molecule has 1 nitrogen and oxygen atoms in total. The first kappa shape index (κ1) is 22.3. The molecule has 168 valence electrons. The quantitative estimate of drug-likeness (QED) is 0.196. The van der Waals surface area contributed by atoms with Gasteiger partial charge in [-0.05, 0) is 69.4 Å². The lowest BCUT2D eigenvalue weighted by atomic mass is 9.91. The first-order valence-corrected chi connectivity index (χ1v) is 11.9. The fourth-order valence-corrected chi connectivity index (χ4v) is 4.29. The van der Waals surface area contributed by atoms with Gasteiger partial charge in [-0.2, -0.15) is 0 Å². The maximum atomic E-state index is 5.27. The van der Waals surface area contributed by atoms with Gasteiger partial charge in [-0.1, -0.05) is 98.2 Å². The van der Waals surface area contributed by atoms with Crippen molar-refractivity contribution < 1.29 is 4.74 Å². The van der Waals surface area contributed by atoms with Crippen molar-refractivity contribution in [3.05, 3.63) is 125 Å². The van der Waals surface area contributed by atoms with Crippen LogP contribution in [0.3, 0.4) is 0 Å². The smallest absolute Gasteiger partial charge is 0.118 e. The molecule has 0 aliphatic heterocycles. The van der Waals surface area contributed by atoms with E-state index < -0.39 is 0 Å². The zero-order chi connectivity index (χ0) is 24.2. The van der Waals surface area contributed by atoms with E-state index in [-0.39, 0.29) is 0 Å². The van der Waals surface area contributed by atoms with Crippen LogP contribution < -0.4 is 4.74 Å². The Hall–Kier alpha value is -4.46. The van der Waals surface area contributed by atoms with E-state index in [2.05, 4.69) is 110 Å². The van der Waals surface area contributed by atoms with Crippen LogP contribution in [0.2, 0.25) is 0 Å². The van der Waals surface area contributed by atoms with Gasteiger partial charge in [0.25, 0.3) is 0 Å². The van der Waals surface area contributed by atoms with E-state index in [0.717, 1.165) is 49.5 Å². The molecule has 0 unspecified atom stereocenters. The lowest BCUT2D eigenvalue weighted by Crippen LogP contribution is -1.91. The first-order valence-electron chi connectivity index (χ1n) is 11.9. The summed E-state index contributed by atoms with van der Waals surface area (Å²) in [4.78, 5) is 0. The number of benzene rings is 5. The third kappa shape index (κ3) is 4.63. The number of ether oxygens (including phenoxy) is 1. The molecule has 0 heterocycles. The molecule has 0 aliphatic rings. The van der Waals surface area contributed by atoms with Crippen molar-refractivity contribution in [3.63, 3.8) is 0 Å². The standard InChI is InChI=1S/C34H26O/c1-24(2)27-18-12-25(13-19-27)16-22-33-29-8-4-6-10-31(29)34(32-11-7-5-9-30(32)33)23-17-26-14-20-28(35-3)21-15-26/h4-15,18-21,24H,1-3H3. The monoisotopic (exact) mass is 450 g/mol. The van der Waals surface area contributed by atoms with Crippen LogP contribution >= 0.6 is 0 Å². The minimum atomic E-state index is 0.511. The van der Waals surface area contributed by atoms with Crippen molar-refractivity contribution in [3.8, 4) is 29.4 Å². The maximum absolute atomic E-state index is 5.27. The Morgan fingerprint density at radius 1 is 0.514 bits per heavy atom. The van der Waals surface area contributed by atoms with E-state index in [1.54, 1.807) is 7.11 Å². The predicted molar refractivity (Wildman–Crippen MR) is 147 cm³/mol. The van der Waals surface area contributed by atoms with Crippen LogP contribution in [-0.2, 0) is 0 Å². The Bertz CT molecular complexity index is 1570. The molecule has 0 aliphatic carbocycles. The normalized spacial score (nSPS) is 10.5. The van der Waals surface area contributed by atoms with Gasteiger partial charge in [0.1, 0.15) is 5.75 Å². The van der Waals surface area contributed by atoms with Gasteiger partial charge in [0.2, 0.25) is 0 Å². The highest BCUT2D eigenvalue weighted by molar-refractivity contribution is 6.09. The van der Waals surface area contributed by atoms with Crippen molar-refractivity contribution in [2.45, 2.75) is 19.8 Å².